The van der Waals surface area contributed by atoms with E-state index in [1.807, 2.05) is 5.92 Å². The molecular formula is C10H12N6O8. The van der Waals surface area contributed by atoms with Crippen LogP contribution in [0, 0.1) is 58.3 Å². The van der Waals surface area contributed by atoms with Gasteiger partial charge in [0.15, 0.2) is 16.1 Å². The van der Waals surface area contributed by atoms with Gasteiger partial charge in [0.05, 0.1) is 5.92 Å². The summed E-state index contributed by atoms with van der Waals surface area (Å²) in [5.41, 5.74) is 0. The zero-order valence-electron chi connectivity index (χ0n) is 12.5. The van der Waals surface area contributed by atoms with E-state index >= 15 is 0 Å². The van der Waals surface area contributed by atoms with Crippen molar-refractivity contribution >= 4 is 0 Å². The van der Waals surface area contributed by atoms with Crippen molar-refractivity contribution in [3.63, 3.8) is 0 Å². The minimum Gasteiger partial charge on any atom is -0.264 e. The summed E-state index contributed by atoms with van der Waals surface area (Å²) < 4.78 is 0. The summed E-state index contributed by atoms with van der Waals surface area (Å²) in [6.07, 6.45) is 0. The molecule has 14 nitrogen and oxygen atoms in total. The Labute approximate surface area is 133 Å². The van der Waals surface area contributed by atoms with Crippen LogP contribution < -0.4 is 0 Å². The third-order valence-corrected chi connectivity index (χ3v) is 3.69. The first-order chi connectivity index (χ1) is 11.0. The largest absolute Gasteiger partial charge is 0.292 e. The predicted molar refractivity (Wildman–Crippen MR) is 74.8 cm³/mol. The summed E-state index contributed by atoms with van der Waals surface area (Å²) in [5, 5.41) is 42.2. The number of hydrogen-bond donors (Lipinski definition) is 0. The summed E-state index contributed by atoms with van der Waals surface area (Å²) in [4.78, 5) is 42.0. The average Bonchev–Trinajstić information content (AvgIpc) is 2.75. The van der Waals surface area contributed by atoms with Crippen LogP contribution in [0.5, 0.6) is 0 Å². The molecule has 24 heavy (non-hydrogen) atoms. The Morgan fingerprint density at radius 1 is 1.04 bits per heavy atom. The third-order valence-electron chi connectivity index (χ3n) is 3.69. The number of nitrogens with zero attached hydrogens (tertiary/aromatic N) is 6. The molecule has 0 aliphatic carbocycles. The molecule has 0 spiro atoms. The molecule has 14 heteroatoms. The van der Waals surface area contributed by atoms with Crippen LogP contribution in [-0.4, -0.2) is 48.1 Å². The topological polar surface area (TPSA) is 179 Å². The van der Waals surface area contributed by atoms with E-state index in [4.69, 9.17) is 0 Å². The molecule has 0 bridgehead atoms. The second kappa shape index (κ2) is 6.73. The maximum Gasteiger partial charge on any atom is 0.292 e. The van der Waals surface area contributed by atoms with Crippen LogP contribution in [0.1, 0.15) is 13.8 Å². The number of hydrazine groups is 2. The van der Waals surface area contributed by atoms with Gasteiger partial charge < -0.3 is 0 Å². The molecule has 1 aliphatic heterocycles. The van der Waals surface area contributed by atoms with Crippen LogP contribution in [-0.2, 0) is 0 Å². The summed E-state index contributed by atoms with van der Waals surface area (Å²) in [6, 6.07) is -2.98. The lowest BCUT2D eigenvalue weighted by atomic mass is 9.90. The Bertz CT molecular complexity index is 668. The summed E-state index contributed by atoms with van der Waals surface area (Å²) in [7, 11) is 0. The number of hydrogen-bond acceptors (Lipinski definition) is 8. The SMILES string of the molecule is C=C1N([N+](=O)[O-])C(C#C[N+](=O)[O-])C(C(C)C(C)[N+](=O)[O-])N1[N+](=O)[O-]. The van der Waals surface area contributed by atoms with Gasteiger partial charge >= 0.3 is 0 Å². The fourth-order valence-corrected chi connectivity index (χ4v) is 2.37. The molecule has 0 N–H and O–H groups in total. The minimum absolute atomic E-state index is 0.202. The van der Waals surface area contributed by atoms with Gasteiger partial charge in [0.25, 0.3) is 6.04 Å². The van der Waals surface area contributed by atoms with E-state index in [1.54, 1.807) is 0 Å². The quantitative estimate of drug-likeness (QED) is 0.279. The standard InChI is InChI=1S/C10H12N6O8/c1-6(7(2)14(19)20)10-9(4-5-11(17)18)12(15(21)22)8(3)13(10)16(23)24/h6-7,9-10H,3H2,1-2H3. The van der Waals surface area contributed by atoms with Crippen LogP contribution in [0.4, 0.5) is 0 Å². The monoisotopic (exact) mass is 344 g/mol. The van der Waals surface area contributed by atoms with Gasteiger partial charge in [-0.15, -0.1) is 0 Å². The molecule has 1 saturated heterocycles. The van der Waals surface area contributed by atoms with E-state index in [9.17, 15) is 40.5 Å². The van der Waals surface area contributed by atoms with E-state index in [0.29, 0.717) is 0 Å². The minimum atomic E-state index is -1.65. The summed E-state index contributed by atoms with van der Waals surface area (Å²) in [5.74, 6) is 0.165. The molecule has 0 saturated carbocycles. The normalized spacial score (nSPS) is 22.3. The molecule has 0 aromatic heterocycles. The lowest BCUT2D eigenvalue weighted by Gasteiger charge is -2.23. The molecule has 0 radical (unpaired) electrons. The predicted octanol–water partition coefficient (Wildman–Crippen LogP) is -0.265. The van der Waals surface area contributed by atoms with Crippen LogP contribution in [0.25, 0.3) is 0 Å². The maximum atomic E-state index is 11.2. The van der Waals surface area contributed by atoms with E-state index < -0.39 is 49.8 Å². The highest BCUT2D eigenvalue weighted by Gasteiger charge is 2.59. The van der Waals surface area contributed by atoms with Crippen molar-refractivity contribution in [2.24, 2.45) is 5.92 Å². The van der Waals surface area contributed by atoms with Gasteiger partial charge in [-0.05, 0) is 6.58 Å². The van der Waals surface area contributed by atoms with Crippen molar-refractivity contribution in [3.05, 3.63) is 52.9 Å². The fourth-order valence-electron chi connectivity index (χ4n) is 2.37. The van der Waals surface area contributed by atoms with Gasteiger partial charge in [0.1, 0.15) is 11.0 Å². The van der Waals surface area contributed by atoms with Gasteiger partial charge in [-0.2, -0.15) is 0 Å². The Kier molecular flexibility index (Phi) is 5.20. The lowest BCUT2D eigenvalue weighted by molar-refractivity contribution is -0.674. The lowest BCUT2D eigenvalue weighted by Crippen LogP contribution is -2.48. The highest BCUT2D eigenvalue weighted by Crippen LogP contribution is 2.34. The van der Waals surface area contributed by atoms with Crippen LogP contribution in [0.2, 0.25) is 0 Å². The van der Waals surface area contributed by atoms with Gasteiger partial charge in [-0.1, -0.05) is 16.9 Å². The average molecular weight is 344 g/mol. The molecule has 4 atom stereocenters. The molecule has 1 rings (SSSR count). The van der Waals surface area contributed by atoms with E-state index in [-0.39, 0.29) is 10.0 Å². The van der Waals surface area contributed by atoms with Crippen molar-refractivity contribution in [1.29, 1.82) is 0 Å². The molecule has 4 unspecified atom stereocenters. The highest BCUT2D eigenvalue weighted by molar-refractivity contribution is 5.18. The molecular weight excluding hydrogens is 332 g/mol. The van der Waals surface area contributed by atoms with E-state index in [0.717, 1.165) is 0 Å². The van der Waals surface area contributed by atoms with E-state index in [1.165, 1.54) is 19.9 Å². The van der Waals surface area contributed by atoms with Gasteiger partial charge in [-0.3, -0.25) is 10.1 Å². The number of nitro groups is 4. The zero-order valence-corrected chi connectivity index (χ0v) is 12.5. The molecule has 0 amide bonds. The van der Waals surface area contributed by atoms with E-state index in [2.05, 4.69) is 6.58 Å². The van der Waals surface area contributed by atoms with Crippen molar-refractivity contribution in [2.45, 2.75) is 32.0 Å². The molecule has 130 valence electrons. The highest BCUT2D eigenvalue weighted by atomic mass is 16.7. The molecule has 1 aliphatic rings. The first-order valence-corrected chi connectivity index (χ1v) is 6.35. The van der Waals surface area contributed by atoms with Crippen LogP contribution in [0.15, 0.2) is 12.4 Å². The maximum absolute atomic E-state index is 11.2. The van der Waals surface area contributed by atoms with Crippen LogP contribution in [0.3, 0.4) is 0 Å². The van der Waals surface area contributed by atoms with Crippen molar-refractivity contribution in [1.82, 2.24) is 10.0 Å². The Hall–Kier alpha value is -3.50. The Morgan fingerprint density at radius 3 is 1.92 bits per heavy atom. The van der Waals surface area contributed by atoms with Gasteiger partial charge in [0, 0.05) is 17.8 Å². The molecule has 0 aromatic rings. The molecule has 1 heterocycles. The second-order valence-corrected chi connectivity index (χ2v) is 4.91. The van der Waals surface area contributed by atoms with Gasteiger partial charge in [0.2, 0.25) is 11.9 Å². The first kappa shape index (κ1) is 18.5. The third kappa shape index (κ3) is 3.29. The van der Waals surface area contributed by atoms with Crippen molar-refractivity contribution < 1.29 is 19.9 Å². The Morgan fingerprint density at radius 2 is 1.54 bits per heavy atom. The first-order valence-electron chi connectivity index (χ1n) is 6.35. The molecule has 0 aromatic carbocycles. The van der Waals surface area contributed by atoms with Crippen molar-refractivity contribution in [2.75, 3.05) is 0 Å². The van der Waals surface area contributed by atoms with Crippen molar-refractivity contribution in [3.8, 4) is 12.0 Å². The second-order valence-electron chi connectivity index (χ2n) is 4.91. The van der Waals surface area contributed by atoms with Crippen LogP contribution >= 0.6 is 0 Å². The molecule has 1 fully saturated rings. The van der Waals surface area contributed by atoms with Gasteiger partial charge in [-0.25, -0.2) is 30.3 Å². The Balaban J connectivity index is 3.48. The number of rotatable bonds is 5. The zero-order chi connectivity index (χ0) is 18.8. The smallest absolute Gasteiger partial charge is 0.264 e. The summed E-state index contributed by atoms with van der Waals surface area (Å²) in [6.45, 7) is 5.67. The summed E-state index contributed by atoms with van der Waals surface area (Å²) >= 11 is 0. The fraction of sp³-hybridized carbons (Fsp3) is 0.600.